The number of fused-ring (bicyclic) bond motifs is 1. The maximum Gasteiger partial charge on any atom is 0.303 e. The summed E-state index contributed by atoms with van der Waals surface area (Å²) in [6.07, 6.45) is 3.81. The monoisotopic (exact) mass is 522 g/mol. The summed E-state index contributed by atoms with van der Waals surface area (Å²) in [6, 6.07) is 10.7. The topological polar surface area (TPSA) is 82.9 Å². The molecule has 2 heterocycles. The number of nitrogens with zero attached hydrogens (tertiary/aromatic N) is 2. The Kier molecular flexibility index (Phi) is 9.27. The van der Waals surface area contributed by atoms with E-state index >= 15 is 0 Å². The minimum absolute atomic E-state index is 0.0822. The summed E-state index contributed by atoms with van der Waals surface area (Å²) < 4.78 is 32.3. The fourth-order valence-corrected chi connectivity index (χ4v) is 5.24. The van der Waals surface area contributed by atoms with Crippen LogP contribution in [0.25, 0.3) is 10.9 Å². The molecule has 0 spiro atoms. The summed E-state index contributed by atoms with van der Waals surface area (Å²) in [5, 5.41) is 21.2. The fraction of sp³-hybridized carbons (Fsp3) is 0.400. The molecule has 6 nitrogen and oxygen atoms in total. The number of rotatable bonds is 9. The number of carboxylic acids is 1. The van der Waals surface area contributed by atoms with Crippen molar-refractivity contribution in [2.75, 3.05) is 26.7 Å². The SMILES string of the molecule is COc1ccc2nccc([C@@H](O)CCC3CCN(CC#Cc4ccc(F)cc4F)CC3CCC(=O)O)c2c1. The molecule has 0 aliphatic carbocycles. The second-order valence-corrected chi connectivity index (χ2v) is 9.78. The molecule has 3 aromatic rings. The number of ether oxygens (including phenoxy) is 1. The molecule has 2 N–H and O–H groups in total. The van der Waals surface area contributed by atoms with Crippen molar-refractivity contribution in [3.8, 4) is 17.6 Å². The van der Waals surface area contributed by atoms with Crippen molar-refractivity contribution in [3.05, 3.63) is 71.4 Å². The summed E-state index contributed by atoms with van der Waals surface area (Å²) in [5.74, 6) is 4.70. The highest BCUT2D eigenvalue weighted by Gasteiger charge is 2.30. The number of halogens is 2. The van der Waals surface area contributed by atoms with E-state index in [9.17, 15) is 23.8 Å². The van der Waals surface area contributed by atoms with Gasteiger partial charge in [0, 0.05) is 30.6 Å². The Morgan fingerprint density at radius 2 is 2.03 bits per heavy atom. The number of carboxylic acid groups (broad SMARTS) is 1. The maximum atomic E-state index is 13.9. The van der Waals surface area contributed by atoms with Gasteiger partial charge in [-0.05, 0) is 86.0 Å². The first-order valence-corrected chi connectivity index (χ1v) is 12.8. The average molecular weight is 523 g/mol. The van der Waals surface area contributed by atoms with Gasteiger partial charge in [0.1, 0.15) is 17.4 Å². The molecule has 0 saturated carbocycles. The molecule has 0 bridgehead atoms. The lowest BCUT2D eigenvalue weighted by molar-refractivity contribution is -0.137. The third kappa shape index (κ3) is 7.06. The van der Waals surface area contributed by atoms with Crippen LogP contribution in [0.2, 0.25) is 0 Å². The minimum Gasteiger partial charge on any atom is -0.497 e. The van der Waals surface area contributed by atoms with Gasteiger partial charge in [0.25, 0.3) is 0 Å². The number of aliphatic hydroxyl groups is 1. The first-order valence-electron chi connectivity index (χ1n) is 12.8. The van der Waals surface area contributed by atoms with Crippen molar-refractivity contribution in [3.63, 3.8) is 0 Å². The molecule has 4 rings (SSSR count). The first kappa shape index (κ1) is 27.5. The largest absolute Gasteiger partial charge is 0.497 e. The van der Waals surface area contributed by atoms with E-state index in [2.05, 4.69) is 21.7 Å². The van der Waals surface area contributed by atoms with E-state index in [0.29, 0.717) is 31.7 Å². The van der Waals surface area contributed by atoms with Gasteiger partial charge in [-0.25, -0.2) is 8.78 Å². The van der Waals surface area contributed by atoms with Gasteiger partial charge >= 0.3 is 5.97 Å². The van der Waals surface area contributed by atoms with Crippen LogP contribution >= 0.6 is 0 Å². The van der Waals surface area contributed by atoms with Crippen molar-refractivity contribution >= 4 is 16.9 Å². The number of aromatic nitrogens is 1. The third-order valence-corrected chi connectivity index (χ3v) is 7.31. The lowest BCUT2D eigenvalue weighted by Gasteiger charge is -2.38. The van der Waals surface area contributed by atoms with Gasteiger partial charge in [0.2, 0.25) is 0 Å². The molecule has 0 radical (unpaired) electrons. The molecule has 0 amide bonds. The van der Waals surface area contributed by atoms with Gasteiger partial charge in [-0.2, -0.15) is 0 Å². The van der Waals surface area contributed by atoms with Gasteiger partial charge in [-0.15, -0.1) is 0 Å². The van der Waals surface area contributed by atoms with Gasteiger partial charge in [-0.1, -0.05) is 11.8 Å². The quantitative estimate of drug-likeness (QED) is 0.377. The number of piperidine rings is 1. The molecule has 1 fully saturated rings. The number of hydrogen-bond donors (Lipinski definition) is 2. The first-order chi connectivity index (χ1) is 18.3. The van der Waals surface area contributed by atoms with Crippen molar-refractivity contribution in [1.82, 2.24) is 9.88 Å². The minimum atomic E-state index is -0.829. The molecule has 3 atom stereocenters. The molecule has 200 valence electrons. The highest BCUT2D eigenvalue weighted by molar-refractivity contribution is 5.83. The third-order valence-electron chi connectivity index (χ3n) is 7.31. The Morgan fingerprint density at radius 1 is 1.18 bits per heavy atom. The van der Waals surface area contributed by atoms with E-state index < -0.39 is 23.7 Å². The van der Waals surface area contributed by atoms with Gasteiger partial charge in [-0.3, -0.25) is 14.7 Å². The Balaban J connectivity index is 1.40. The molecule has 1 aliphatic heterocycles. The summed E-state index contributed by atoms with van der Waals surface area (Å²) >= 11 is 0. The highest BCUT2D eigenvalue weighted by Crippen LogP contribution is 2.35. The summed E-state index contributed by atoms with van der Waals surface area (Å²) in [6.45, 7) is 1.88. The molecule has 38 heavy (non-hydrogen) atoms. The smallest absolute Gasteiger partial charge is 0.303 e. The number of pyridine rings is 1. The van der Waals surface area contributed by atoms with Crippen LogP contribution in [0.1, 0.15) is 49.3 Å². The predicted octanol–water partition coefficient (Wildman–Crippen LogP) is 5.19. The average Bonchev–Trinajstić information content (AvgIpc) is 2.91. The summed E-state index contributed by atoms with van der Waals surface area (Å²) in [7, 11) is 1.60. The number of likely N-dealkylation sites (tertiary alicyclic amines) is 1. The molecule has 2 aromatic carbocycles. The zero-order valence-corrected chi connectivity index (χ0v) is 21.4. The van der Waals surface area contributed by atoms with Crippen LogP contribution in [-0.4, -0.2) is 52.8 Å². The molecule has 1 aromatic heterocycles. The number of hydrogen-bond acceptors (Lipinski definition) is 5. The Morgan fingerprint density at radius 3 is 2.79 bits per heavy atom. The highest BCUT2D eigenvalue weighted by atomic mass is 19.1. The molecular weight excluding hydrogens is 490 g/mol. The van der Waals surface area contributed by atoms with Gasteiger partial charge in [0.05, 0.1) is 30.8 Å². The number of aliphatic hydroxyl groups excluding tert-OH is 1. The van der Waals surface area contributed by atoms with Crippen LogP contribution in [0.3, 0.4) is 0 Å². The van der Waals surface area contributed by atoms with Crippen LogP contribution in [0.4, 0.5) is 8.78 Å². The van der Waals surface area contributed by atoms with Crippen LogP contribution in [0.5, 0.6) is 5.75 Å². The number of methoxy groups -OCH3 is 1. The molecule has 1 saturated heterocycles. The number of benzene rings is 2. The normalized spacial score (nSPS) is 18.5. The Hall–Kier alpha value is -3.54. The Labute approximate surface area is 221 Å². The van der Waals surface area contributed by atoms with E-state index in [0.717, 1.165) is 41.9 Å². The van der Waals surface area contributed by atoms with E-state index in [-0.39, 0.29) is 23.8 Å². The van der Waals surface area contributed by atoms with Crippen LogP contribution in [0, 0.1) is 35.3 Å². The van der Waals surface area contributed by atoms with E-state index in [1.807, 2.05) is 24.3 Å². The van der Waals surface area contributed by atoms with Crippen molar-refractivity contribution in [2.45, 2.75) is 38.2 Å². The van der Waals surface area contributed by atoms with E-state index in [1.54, 1.807) is 13.3 Å². The lowest BCUT2D eigenvalue weighted by Crippen LogP contribution is -2.41. The van der Waals surface area contributed by atoms with Crippen molar-refractivity contribution in [2.24, 2.45) is 11.8 Å². The molecule has 8 heteroatoms. The molecule has 2 unspecified atom stereocenters. The second kappa shape index (κ2) is 12.8. The predicted molar refractivity (Wildman–Crippen MR) is 141 cm³/mol. The van der Waals surface area contributed by atoms with Crippen LogP contribution in [-0.2, 0) is 4.79 Å². The maximum absolute atomic E-state index is 13.9. The van der Waals surface area contributed by atoms with Gasteiger partial charge in [0.15, 0.2) is 0 Å². The van der Waals surface area contributed by atoms with Crippen LogP contribution < -0.4 is 4.74 Å². The molecular formula is C30H32F2N2O4. The van der Waals surface area contributed by atoms with Crippen LogP contribution in [0.15, 0.2) is 48.7 Å². The second-order valence-electron chi connectivity index (χ2n) is 9.78. The number of carbonyl (C=O) groups is 1. The zero-order valence-electron chi connectivity index (χ0n) is 21.4. The standard InChI is InChI=1S/C30H32F2N2O4/c1-38-24-8-9-28-26(18-24)25(12-14-33-28)29(35)10-5-20-13-16-34(19-22(20)6-11-30(36)37)15-2-3-21-4-7-23(31)17-27(21)32/h4,7-9,12,14,17-18,20,22,29,35H,5-6,10-11,13,15-16,19H2,1H3,(H,36,37)/t20?,22?,29-/m0/s1. The van der Waals surface area contributed by atoms with E-state index in [1.165, 1.54) is 12.1 Å². The lowest BCUT2D eigenvalue weighted by atomic mass is 9.79. The van der Waals surface area contributed by atoms with E-state index in [4.69, 9.17) is 4.74 Å². The molecule has 1 aliphatic rings. The zero-order chi connectivity index (χ0) is 27.1. The van der Waals surface area contributed by atoms with Crippen molar-refractivity contribution in [1.29, 1.82) is 0 Å². The van der Waals surface area contributed by atoms with Crippen molar-refractivity contribution < 1.29 is 28.5 Å². The fourth-order valence-electron chi connectivity index (χ4n) is 5.24. The summed E-state index contributed by atoms with van der Waals surface area (Å²) in [5.41, 5.74) is 1.74. The van der Waals surface area contributed by atoms with Gasteiger partial charge < -0.3 is 14.9 Å². The number of aliphatic carboxylic acids is 1. The summed E-state index contributed by atoms with van der Waals surface area (Å²) in [4.78, 5) is 17.8. The Bertz CT molecular complexity index is 1340.